The summed E-state index contributed by atoms with van der Waals surface area (Å²) in [7, 11) is 0. The minimum atomic E-state index is 0.822. The SMILES string of the molecule is c1cc(-c2cccc(-n3c4ccccc4c4ccncc43)n2)nc(-c2ccccc2-c2ccc3ccccc3c2)c1. The van der Waals surface area contributed by atoms with Gasteiger partial charge in [0.25, 0.3) is 0 Å². The van der Waals surface area contributed by atoms with Crippen molar-refractivity contribution < 1.29 is 0 Å². The molecule has 4 heteroatoms. The highest BCUT2D eigenvalue weighted by Crippen LogP contribution is 2.34. The fourth-order valence-electron chi connectivity index (χ4n) is 5.80. The summed E-state index contributed by atoms with van der Waals surface area (Å²) in [6, 6.07) is 46.3. The molecule has 0 amide bonds. The van der Waals surface area contributed by atoms with Crippen LogP contribution in [0.15, 0.2) is 146 Å². The Morgan fingerprint density at radius 3 is 2.10 bits per heavy atom. The van der Waals surface area contributed by atoms with Gasteiger partial charge in [-0.25, -0.2) is 9.97 Å². The Kier molecular flexibility index (Phi) is 5.42. The molecule has 0 spiro atoms. The monoisotopic (exact) mass is 524 g/mol. The molecule has 0 atom stereocenters. The molecule has 192 valence electrons. The minimum absolute atomic E-state index is 0.822. The fraction of sp³-hybridized carbons (Fsp3) is 0. The van der Waals surface area contributed by atoms with Crippen LogP contribution >= 0.6 is 0 Å². The average Bonchev–Trinajstić information content (AvgIpc) is 3.39. The van der Waals surface area contributed by atoms with Crippen LogP contribution in [0.1, 0.15) is 0 Å². The second-order valence-electron chi connectivity index (χ2n) is 10.1. The van der Waals surface area contributed by atoms with Gasteiger partial charge in [0.2, 0.25) is 0 Å². The summed E-state index contributed by atoms with van der Waals surface area (Å²) < 4.78 is 2.18. The van der Waals surface area contributed by atoms with Crippen molar-refractivity contribution in [3.8, 4) is 39.6 Å². The van der Waals surface area contributed by atoms with E-state index in [4.69, 9.17) is 9.97 Å². The normalized spacial score (nSPS) is 11.4. The van der Waals surface area contributed by atoms with E-state index in [1.807, 2.05) is 36.7 Å². The zero-order chi connectivity index (χ0) is 27.2. The largest absolute Gasteiger partial charge is 0.292 e. The van der Waals surface area contributed by atoms with Crippen molar-refractivity contribution in [1.29, 1.82) is 0 Å². The van der Waals surface area contributed by atoms with E-state index in [-0.39, 0.29) is 0 Å². The van der Waals surface area contributed by atoms with Crippen LogP contribution in [0.3, 0.4) is 0 Å². The summed E-state index contributed by atoms with van der Waals surface area (Å²) in [5, 5.41) is 4.80. The van der Waals surface area contributed by atoms with Gasteiger partial charge in [0, 0.05) is 22.5 Å². The number of pyridine rings is 3. The summed E-state index contributed by atoms with van der Waals surface area (Å²) in [6.45, 7) is 0. The summed E-state index contributed by atoms with van der Waals surface area (Å²) in [4.78, 5) is 14.6. The number of benzene rings is 4. The zero-order valence-electron chi connectivity index (χ0n) is 22.1. The van der Waals surface area contributed by atoms with Gasteiger partial charge in [0.1, 0.15) is 5.82 Å². The van der Waals surface area contributed by atoms with E-state index in [2.05, 4.69) is 119 Å². The van der Waals surface area contributed by atoms with Crippen LogP contribution in [-0.4, -0.2) is 19.5 Å². The number of nitrogens with zero attached hydrogens (tertiary/aromatic N) is 4. The van der Waals surface area contributed by atoms with Gasteiger partial charge in [-0.15, -0.1) is 0 Å². The molecule has 0 fully saturated rings. The maximum atomic E-state index is 5.12. The number of aromatic nitrogens is 4. The lowest BCUT2D eigenvalue weighted by atomic mass is 9.95. The first kappa shape index (κ1) is 23.3. The van der Waals surface area contributed by atoms with Crippen LogP contribution in [0.2, 0.25) is 0 Å². The van der Waals surface area contributed by atoms with Crippen molar-refractivity contribution >= 4 is 32.6 Å². The number of hydrogen-bond acceptors (Lipinski definition) is 3. The van der Waals surface area contributed by atoms with Crippen molar-refractivity contribution in [3.05, 3.63) is 146 Å². The third-order valence-electron chi connectivity index (χ3n) is 7.71. The molecule has 4 aromatic carbocycles. The summed E-state index contributed by atoms with van der Waals surface area (Å²) in [5.74, 6) is 0.838. The van der Waals surface area contributed by atoms with E-state index < -0.39 is 0 Å². The first-order valence-corrected chi connectivity index (χ1v) is 13.7. The van der Waals surface area contributed by atoms with Crippen molar-refractivity contribution in [3.63, 3.8) is 0 Å². The lowest BCUT2D eigenvalue weighted by molar-refractivity contribution is 1.07. The molecule has 0 aliphatic rings. The molecule has 0 radical (unpaired) electrons. The molecule has 4 heterocycles. The quantitative estimate of drug-likeness (QED) is 0.231. The number of para-hydroxylation sites is 1. The maximum absolute atomic E-state index is 5.12. The second kappa shape index (κ2) is 9.54. The highest BCUT2D eigenvalue weighted by molar-refractivity contribution is 6.08. The van der Waals surface area contributed by atoms with Crippen molar-refractivity contribution in [1.82, 2.24) is 19.5 Å². The molecule has 4 nitrogen and oxygen atoms in total. The third kappa shape index (κ3) is 3.97. The van der Waals surface area contributed by atoms with E-state index >= 15 is 0 Å². The number of rotatable bonds is 4. The molecule has 0 unspecified atom stereocenters. The maximum Gasteiger partial charge on any atom is 0.138 e. The Balaban J connectivity index is 1.24. The van der Waals surface area contributed by atoms with Crippen LogP contribution in [0, 0.1) is 0 Å². The second-order valence-corrected chi connectivity index (χ2v) is 10.1. The lowest BCUT2D eigenvalue weighted by Crippen LogP contribution is -1.99. The minimum Gasteiger partial charge on any atom is -0.292 e. The van der Waals surface area contributed by atoms with Crippen molar-refractivity contribution in [2.75, 3.05) is 0 Å². The lowest BCUT2D eigenvalue weighted by Gasteiger charge is -2.12. The molecule has 0 N–H and O–H groups in total. The predicted molar refractivity (Wildman–Crippen MR) is 168 cm³/mol. The van der Waals surface area contributed by atoms with E-state index in [9.17, 15) is 0 Å². The number of fused-ring (bicyclic) bond motifs is 4. The highest BCUT2D eigenvalue weighted by atomic mass is 15.1. The van der Waals surface area contributed by atoms with Crippen LogP contribution in [0.5, 0.6) is 0 Å². The molecule has 4 aromatic heterocycles. The van der Waals surface area contributed by atoms with Crippen molar-refractivity contribution in [2.24, 2.45) is 0 Å². The van der Waals surface area contributed by atoms with Gasteiger partial charge in [-0.3, -0.25) is 9.55 Å². The smallest absolute Gasteiger partial charge is 0.138 e. The molecule has 0 bridgehead atoms. The van der Waals surface area contributed by atoms with Gasteiger partial charge >= 0.3 is 0 Å². The van der Waals surface area contributed by atoms with Gasteiger partial charge in [-0.2, -0.15) is 0 Å². The average molecular weight is 525 g/mol. The fourth-order valence-corrected chi connectivity index (χ4v) is 5.80. The first-order valence-electron chi connectivity index (χ1n) is 13.7. The Labute approximate surface area is 237 Å². The van der Waals surface area contributed by atoms with E-state index in [0.717, 1.165) is 50.4 Å². The van der Waals surface area contributed by atoms with E-state index in [0.29, 0.717) is 0 Å². The summed E-state index contributed by atoms with van der Waals surface area (Å²) in [5.41, 5.74) is 8.12. The van der Waals surface area contributed by atoms with Crippen LogP contribution < -0.4 is 0 Å². The van der Waals surface area contributed by atoms with Gasteiger partial charge in [0.05, 0.1) is 34.3 Å². The van der Waals surface area contributed by atoms with Crippen molar-refractivity contribution in [2.45, 2.75) is 0 Å². The van der Waals surface area contributed by atoms with Crippen LogP contribution in [0.4, 0.5) is 0 Å². The standard InChI is InChI=1S/C37H24N4/c1-2-10-26-23-27(20-19-25(26)9-1)28-11-3-4-12-29(28)32-14-7-15-33(39-32)34-16-8-18-37(40-34)41-35-17-6-5-13-30(35)31-21-22-38-24-36(31)41/h1-24H. The van der Waals surface area contributed by atoms with Gasteiger partial charge in [-0.1, -0.05) is 91.0 Å². The first-order chi connectivity index (χ1) is 20.3. The molecule has 41 heavy (non-hydrogen) atoms. The molecule has 0 saturated heterocycles. The molecule has 0 aliphatic carbocycles. The summed E-state index contributed by atoms with van der Waals surface area (Å²) in [6.07, 6.45) is 3.75. The van der Waals surface area contributed by atoms with E-state index in [1.54, 1.807) is 0 Å². The molecule has 0 aliphatic heterocycles. The van der Waals surface area contributed by atoms with Crippen LogP contribution in [0.25, 0.3) is 72.2 Å². The Hall–Kier alpha value is -5.61. The Morgan fingerprint density at radius 2 is 1.17 bits per heavy atom. The summed E-state index contributed by atoms with van der Waals surface area (Å²) >= 11 is 0. The number of hydrogen-bond donors (Lipinski definition) is 0. The molecular formula is C37H24N4. The molecule has 0 saturated carbocycles. The highest BCUT2D eigenvalue weighted by Gasteiger charge is 2.15. The molecular weight excluding hydrogens is 500 g/mol. The Bertz CT molecular complexity index is 2170. The van der Waals surface area contributed by atoms with E-state index in [1.165, 1.54) is 21.7 Å². The molecule has 8 rings (SSSR count). The van der Waals surface area contributed by atoms with Gasteiger partial charge in [-0.05, 0) is 64.4 Å². The van der Waals surface area contributed by atoms with Gasteiger partial charge < -0.3 is 0 Å². The third-order valence-corrected chi connectivity index (χ3v) is 7.71. The Morgan fingerprint density at radius 1 is 0.463 bits per heavy atom. The zero-order valence-corrected chi connectivity index (χ0v) is 22.1. The van der Waals surface area contributed by atoms with Crippen LogP contribution in [-0.2, 0) is 0 Å². The topological polar surface area (TPSA) is 43.6 Å². The predicted octanol–water partition coefficient (Wildman–Crippen LogP) is 9.12. The molecule has 8 aromatic rings. The van der Waals surface area contributed by atoms with Gasteiger partial charge in [0.15, 0.2) is 0 Å².